The molecule has 2 aromatic carbocycles. The number of amides is 1. The molecule has 0 heterocycles. The van der Waals surface area contributed by atoms with Crippen molar-refractivity contribution in [2.45, 2.75) is 19.8 Å². The van der Waals surface area contributed by atoms with Crippen LogP contribution in [0.4, 0.5) is 11.4 Å². The number of esters is 1. The van der Waals surface area contributed by atoms with Gasteiger partial charge >= 0.3 is 5.97 Å². The van der Waals surface area contributed by atoms with Crippen molar-refractivity contribution < 1.29 is 24.0 Å². The normalized spacial score (nSPS) is 10.1. The monoisotopic (exact) mass is 372 g/mol. The predicted molar refractivity (Wildman–Crippen MR) is 99.2 cm³/mol. The molecule has 0 spiro atoms. The van der Waals surface area contributed by atoms with Crippen LogP contribution in [0.1, 0.15) is 40.5 Å². The first-order valence-corrected chi connectivity index (χ1v) is 8.37. The van der Waals surface area contributed by atoms with E-state index in [1.54, 1.807) is 0 Å². The van der Waals surface area contributed by atoms with Gasteiger partial charge in [-0.2, -0.15) is 0 Å². The maximum Gasteiger partial charge on any atom is 0.338 e. The third-order valence-electron chi connectivity index (χ3n) is 3.75. The highest BCUT2D eigenvalue weighted by Crippen LogP contribution is 2.25. The quantitative estimate of drug-likeness (QED) is 0.327. The molecule has 0 radical (unpaired) electrons. The van der Waals surface area contributed by atoms with Gasteiger partial charge in [0.05, 0.1) is 24.2 Å². The van der Waals surface area contributed by atoms with E-state index in [1.165, 1.54) is 49.6 Å². The number of methoxy groups -OCH3 is 1. The van der Waals surface area contributed by atoms with Crippen LogP contribution >= 0.6 is 0 Å². The first kappa shape index (κ1) is 19.9. The summed E-state index contributed by atoms with van der Waals surface area (Å²) in [5, 5.41) is 13.7. The molecule has 8 heteroatoms. The Morgan fingerprint density at radius 1 is 1.15 bits per heavy atom. The minimum atomic E-state index is -0.654. The van der Waals surface area contributed by atoms with Gasteiger partial charge in [-0.15, -0.1) is 0 Å². The van der Waals surface area contributed by atoms with E-state index >= 15 is 0 Å². The number of nitro groups is 1. The Morgan fingerprint density at radius 3 is 2.44 bits per heavy atom. The summed E-state index contributed by atoms with van der Waals surface area (Å²) in [6, 6.07) is 10.0. The van der Waals surface area contributed by atoms with Gasteiger partial charge in [-0.1, -0.05) is 13.3 Å². The first-order valence-electron chi connectivity index (χ1n) is 8.37. The molecule has 0 fully saturated rings. The minimum absolute atomic E-state index is 0.123. The van der Waals surface area contributed by atoms with Gasteiger partial charge in [0.1, 0.15) is 11.3 Å². The summed E-state index contributed by atoms with van der Waals surface area (Å²) in [4.78, 5) is 34.8. The largest absolute Gasteiger partial charge is 0.497 e. The summed E-state index contributed by atoms with van der Waals surface area (Å²) >= 11 is 0. The molecule has 0 saturated carbocycles. The molecule has 0 aliphatic carbocycles. The van der Waals surface area contributed by atoms with Crippen molar-refractivity contribution in [2.24, 2.45) is 0 Å². The number of benzene rings is 2. The third kappa shape index (κ3) is 5.27. The number of nitrogens with one attached hydrogen (secondary N) is 1. The summed E-state index contributed by atoms with van der Waals surface area (Å²) in [7, 11) is 1.40. The summed E-state index contributed by atoms with van der Waals surface area (Å²) < 4.78 is 10.1. The highest BCUT2D eigenvalue weighted by atomic mass is 16.6. The second-order valence-corrected chi connectivity index (χ2v) is 5.66. The number of rotatable bonds is 8. The van der Waals surface area contributed by atoms with Gasteiger partial charge in [0.25, 0.3) is 11.6 Å². The fraction of sp³-hybridized carbons (Fsp3) is 0.263. The van der Waals surface area contributed by atoms with Gasteiger partial charge in [0, 0.05) is 11.8 Å². The molecule has 0 aliphatic rings. The van der Waals surface area contributed by atoms with Gasteiger partial charge < -0.3 is 14.8 Å². The van der Waals surface area contributed by atoms with E-state index in [-0.39, 0.29) is 11.3 Å². The zero-order chi connectivity index (χ0) is 19.8. The first-order chi connectivity index (χ1) is 13.0. The maximum absolute atomic E-state index is 12.4. The van der Waals surface area contributed by atoms with Gasteiger partial charge in [0.15, 0.2) is 0 Å². The van der Waals surface area contributed by atoms with Crippen LogP contribution in [0.5, 0.6) is 5.75 Å². The zero-order valence-corrected chi connectivity index (χ0v) is 15.1. The number of carbonyl (C=O) groups is 2. The highest BCUT2D eigenvalue weighted by molar-refractivity contribution is 6.07. The number of nitro benzene ring substituents is 1. The van der Waals surface area contributed by atoms with Gasteiger partial charge in [0.2, 0.25) is 0 Å². The molecule has 2 aromatic rings. The summed E-state index contributed by atoms with van der Waals surface area (Å²) in [5.41, 5.74) is 0.297. The third-order valence-corrected chi connectivity index (χ3v) is 3.75. The van der Waals surface area contributed by atoms with Crippen molar-refractivity contribution in [2.75, 3.05) is 19.0 Å². The lowest BCUT2D eigenvalue weighted by Crippen LogP contribution is -2.14. The number of unbranched alkanes of at least 4 members (excludes halogenated alkanes) is 1. The molecule has 0 saturated heterocycles. The molecule has 0 aliphatic heterocycles. The lowest BCUT2D eigenvalue weighted by Gasteiger charge is -2.08. The van der Waals surface area contributed by atoms with Crippen LogP contribution in [0.2, 0.25) is 0 Å². The Kier molecular flexibility index (Phi) is 6.87. The zero-order valence-electron chi connectivity index (χ0n) is 15.1. The predicted octanol–water partition coefficient (Wildman–Crippen LogP) is 3.81. The number of hydrogen-bond acceptors (Lipinski definition) is 6. The van der Waals surface area contributed by atoms with Crippen molar-refractivity contribution >= 4 is 23.3 Å². The lowest BCUT2D eigenvalue weighted by atomic mass is 10.1. The summed E-state index contributed by atoms with van der Waals surface area (Å²) in [6.45, 7) is 2.35. The molecule has 1 amide bonds. The smallest absolute Gasteiger partial charge is 0.338 e. The number of ether oxygens (including phenoxy) is 2. The van der Waals surface area contributed by atoms with E-state index < -0.39 is 16.8 Å². The van der Waals surface area contributed by atoms with E-state index in [2.05, 4.69) is 5.32 Å². The molecule has 142 valence electrons. The maximum atomic E-state index is 12.4. The molecule has 2 rings (SSSR count). The van der Waals surface area contributed by atoms with E-state index in [1.807, 2.05) is 6.92 Å². The second kappa shape index (κ2) is 9.33. The van der Waals surface area contributed by atoms with Crippen LogP contribution < -0.4 is 10.1 Å². The fourth-order valence-electron chi connectivity index (χ4n) is 2.26. The van der Waals surface area contributed by atoms with Gasteiger partial charge in [-0.25, -0.2) is 4.79 Å². The average molecular weight is 372 g/mol. The molecular weight excluding hydrogens is 352 g/mol. The van der Waals surface area contributed by atoms with Crippen molar-refractivity contribution in [1.29, 1.82) is 0 Å². The van der Waals surface area contributed by atoms with E-state index in [4.69, 9.17) is 9.47 Å². The standard InChI is InChI=1S/C19H20N2O6/c1-3-4-11-27-19(23)13-5-7-14(8-6-13)20-18(22)16-12-15(26-2)9-10-17(16)21(24)25/h5-10,12H,3-4,11H2,1-2H3,(H,20,22). The molecule has 0 unspecified atom stereocenters. The van der Waals surface area contributed by atoms with E-state index in [9.17, 15) is 19.7 Å². The Hall–Kier alpha value is -3.42. The highest BCUT2D eigenvalue weighted by Gasteiger charge is 2.21. The van der Waals surface area contributed by atoms with Crippen molar-refractivity contribution in [3.8, 4) is 5.75 Å². The molecule has 0 atom stereocenters. The lowest BCUT2D eigenvalue weighted by molar-refractivity contribution is -0.385. The Morgan fingerprint density at radius 2 is 1.85 bits per heavy atom. The Labute approximate surface area is 156 Å². The Balaban J connectivity index is 2.12. The second-order valence-electron chi connectivity index (χ2n) is 5.66. The minimum Gasteiger partial charge on any atom is -0.497 e. The van der Waals surface area contributed by atoms with E-state index in [0.29, 0.717) is 23.6 Å². The average Bonchev–Trinajstić information content (AvgIpc) is 2.68. The van der Waals surface area contributed by atoms with Crippen LogP contribution in [-0.2, 0) is 4.74 Å². The number of anilines is 1. The molecular formula is C19H20N2O6. The molecule has 0 bridgehead atoms. The van der Waals surface area contributed by atoms with Crippen LogP contribution in [-0.4, -0.2) is 30.5 Å². The van der Waals surface area contributed by atoms with Gasteiger partial charge in [-0.05, 0) is 42.8 Å². The Bertz CT molecular complexity index is 833. The van der Waals surface area contributed by atoms with Crippen LogP contribution in [0.3, 0.4) is 0 Å². The topological polar surface area (TPSA) is 108 Å². The summed E-state index contributed by atoms with van der Waals surface area (Å²) in [6.07, 6.45) is 1.72. The number of nitrogens with zero attached hydrogens (tertiary/aromatic N) is 1. The van der Waals surface area contributed by atoms with E-state index in [0.717, 1.165) is 12.8 Å². The SMILES string of the molecule is CCCCOC(=O)c1ccc(NC(=O)c2cc(OC)ccc2[N+](=O)[O-])cc1. The van der Waals surface area contributed by atoms with Crippen LogP contribution in [0.15, 0.2) is 42.5 Å². The van der Waals surface area contributed by atoms with Gasteiger partial charge in [-0.3, -0.25) is 14.9 Å². The van der Waals surface area contributed by atoms with Crippen molar-refractivity contribution in [1.82, 2.24) is 0 Å². The van der Waals surface area contributed by atoms with Crippen LogP contribution in [0, 0.1) is 10.1 Å². The van der Waals surface area contributed by atoms with Crippen LogP contribution in [0.25, 0.3) is 0 Å². The molecule has 27 heavy (non-hydrogen) atoms. The molecule has 0 aromatic heterocycles. The number of hydrogen-bond donors (Lipinski definition) is 1. The number of carbonyl (C=O) groups excluding carboxylic acids is 2. The van der Waals surface area contributed by atoms with Crippen molar-refractivity contribution in [3.63, 3.8) is 0 Å². The fourth-order valence-corrected chi connectivity index (χ4v) is 2.26. The molecule has 1 N–H and O–H groups in total. The van der Waals surface area contributed by atoms with Crippen molar-refractivity contribution in [3.05, 3.63) is 63.7 Å². The molecule has 8 nitrogen and oxygen atoms in total. The summed E-state index contributed by atoms with van der Waals surface area (Å²) in [5.74, 6) is -0.764.